The fourth-order valence-corrected chi connectivity index (χ4v) is 2.82. The summed E-state index contributed by atoms with van der Waals surface area (Å²) in [7, 11) is 0. The molecule has 0 spiro atoms. The molecule has 1 heterocycles. The van der Waals surface area contributed by atoms with Crippen molar-refractivity contribution in [2.75, 3.05) is 0 Å². The largest absolute Gasteiger partial charge is 0.416 e. The number of pyridine rings is 1. The molecule has 1 aromatic heterocycles. The van der Waals surface area contributed by atoms with Gasteiger partial charge in [-0.05, 0) is 41.5 Å². The summed E-state index contributed by atoms with van der Waals surface area (Å²) in [5.41, 5.74) is 0.600. The monoisotopic (exact) mass is 406 g/mol. The zero-order chi connectivity index (χ0) is 21.2. The lowest BCUT2D eigenvalue weighted by Crippen LogP contribution is -2.04. The van der Waals surface area contributed by atoms with Gasteiger partial charge in [-0.1, -0.05) is 24.3 Å². The van der Waals surface area contributed by atoms with E-state index in [2.05, 4.69) is 4.98 Å². The molecule has 3 aromatic rings. The van der Waals surface area contributed by atoms with Crippen LogP contribution in [0.2, 0.25) is 0 Å². The van der Waals surface area contributed by atoms with Gasteiger partial charge < -0.3 is 0 Å². The van der Waals surface area contributed by atoms with E-state index in [0.717, 1.165) is 24.3 Å². The predicted molar refractivity (Wildman–Crippen MR) is 94.4 cm³/mol. The molecule has 0 N–H and O–H groups in total. The van der Waals surface area contributed by atoms with Crippen LogP contribution in [0.1, 0.15) is 16.7 Å². The molecule has 0 bridgehead atoms. The zero-order valence-corrected chi connectivity index (χ0v) is 14.6. The van der Waals surface area contributed by atoms with Crippen molar-refractivity contribution >= 4 is 0 Å². The zero-order valence-electron chi connectivity index (χ0n) is 14.6. The van der Waals surface area contributed by atoms with Gasteiger partial charge in [0.05, 0.1) is 29.3 Å². The first-order valence-corrected chi connectivity index (χ1v) is 8.31. The molecule has 0 unspecified atom stereocenters. The van der Waals surface area contributed by atoms with E-state index in [1.165, 1.54) is 30.5 Å². The normalized spacial score (nSPS) is 11.9. The van der Waals surface area contributed by atoms with Gasteiger partial charge in [0.15, 0.2) is 0 Å². The molecule has 0 aliphatic heterocycles. The standard InChI is InChI=1S/C21H12F6N2/c22-20(23,24)17-5-1-13(2-6-17)16-11-15(9-10-28)19(29-12-16)14-3-7-18(8-4-14)21(25,26)27/h1-8,11-12H,9H2. The van der Waals surface area contributed by atoms with Crippen LogP contribution in [0.15, 0.2) is 60.8 Å². The van der Waals surface area contributed by atoms with Crippen LogP contribution in [0.3, 0.4) is 0 Å². The van der Waals surface area contributed by atoms with Crippen LogP contribution < -0.4 is 0 Å². The molecule has 0 fully saturated rings. The van der Waals surface area contributed by atoms with E-state index in [0.29, 0.717) is 27.9 Å². The van der Waals surface area contributed by atoms with Crippen LogP contribution in [0.5, 0.6) is 0 Å². The fraction of sp³-hybridized carbons (Fsp3) is 0.143. The minimum absolute atomic E-state index is 0.0577. The Morgan fingerprint density at radius 1 is 0.724 bits per heavy atom. The van der Waals surface area contributed by atoms with E-state index < -0.39 is 23.5 Å². The Morgan fingerprint density at radius 2 is 1.21 bits per heavy atom. The number of hydrogen-bond donors (Lipinski definition) is 0. The van der Waals surface area contributed by atoms with E-state index in [1.54, 1.807) is 6.07 Å². The maximum atomic E-state index is 12.7. The minimum atomic E-state index is -4.46. The molecule has 0 aliphatic rings. The van der Waals surface area contributed by atoms with E-state index in [9.17, 15) is 26.3 Å². The van der Waals surface area contributed by atoms with Crippen molar-refractivity contribution in [2.24, 2.45) is 0 Å². The average molecular weight is 406 g/mol. The predicted octanol–water partition coefficient (Wildman–Crippen LogP) is 6.52. The lowest BCUT2D eigenvalue weighted by Gasteiger charge is -2.12. The highest BCUT2D eigenvalue weighted by atomic mass is 19.4. The summed E-state index contributed by atoms with van der Waals surface area (Å²) in [6, 6.07) is 12.5. The van der Waals surface area contributed by atoms with Gasteiger partial charge in [0, 0.05) is 17.3 Å². The highest BCUT2D eigenvalue weighted by Crippen LogP contribution is 2.34. The number of hydrogen-bond acceptors (Lipinski definition) is 2. The quantitative estimate of drug-likeness (QED) is 0.465. The second-order valence-corrected chi connectivity index (χ2v) is 6.22. The highest BCUT2D eigenvalue weighted by molar-refractivity contribution is 5.70. The first kappa shape index (κ1) is 20.4. The van der Waals surface area contributed by atoms with E-state index in [1.807, 2.05) is 6.07 Å². The number of nitriles is 1. The molecule has 0 amide bonds. The molecule has 29 heavy (non-hydrogen) atoms. The molecular formula is C21H12F6N2. The van der Waals surface area contributed by atoms with Crippen molar-refractivity contribution in [3.05, 3.63) is 77.5 Å². The van der Waals surface area contributed by atoms with Gasteiger partial charge in [0.1, 0.15) is 0 Å². The topological polar surface area (TPSA) is 36.7 Å². The number of halogens is 6. The highest BCUT2D eigenvalue weighted by Gasteiger charge is 2.31. The molecule has 8 heteroatoms. The van der Waals surface area contributed by atoms with Crippen LogP contribution >= 0.6 is 0 Å². The maximum Gasteiger partial charge on any atom is 0.416 e. The number of aromatic nitrogens is 1. The summed E-state index contributed by atoms with van der Waals surface area (Å²) in [4.78, 5) is 4.25. The smallest absolute Gasteiger partial charge is 0.255 e. The maximum absolute atomic E-state index is 12.7. The first-order chi connectivity index (χ1) is 13.6. The molecule has 0 radical (unpaired) electrons. The molecule has 0 atom stereocenters. The summed E-state index contributed by atoms with van der Waals surface area (Å²) >= 11 is 0. The molecule has 0 saturated heterocycles. The Hall–Kier alpha value is -3.34. The number of benzene rings is 2. The summed E-state index contributed by atoms with van der Waals surface area (Å²) in [6.07, 6.45) is -7.56. The van der Waals surface area contributed by atoms with Crippen LogP contribution in [-0.4, -0.2) is 4.98 Å². The molecule has 2 aromatic carbocycles. The SMILES string of the molecule is N#CCc1cc(-c2ccc(C(F)(F)F)cc2)cnc1-c1ccc(C(F)(F)F)cc1. The average Bonchev–Trinajstić information content (AvgIpc) is 2.67. The molecule has 0 saturated carbocycles. The van der Waals surface area contributed by atoms with Crippen molar-refractivity contribution in [3.8, 4) is 28.5 Å². The van der Waals surface area contributed by atoms with Gasteiger partial charge in [0.2, 0.25) is 0 Å². The Labute approximate surface area is 162 Å². The van der Waals surface area contributed by atoms with Gasteiger partial charge >= 0.3 is 12.4 Å². The lowest BCUT2D eigenvalue weighted by atomic mass is 9.98. The Balaban J connectivity index is 1.98. The third kappa shape index (κ3) is 4.57. The second-order valence-electron chi connectivity index (χ2n) is 6.22. The first-order valence-electron chi connectivity index (χ1n) is 8.31. The minimum Gasteiger partial charge on any atom is -0.255 e. The Morgan fingerprint density at radius 3 is 1.66 bits per heavy atom. The summed E-state index contributed by atoms with van der Waals surface area (Å²) in [5.74, 6) is 0. The Bertz CT molecular complexity index is 1040. The fourth-order valence-electron chi connectivity index (χ4n) is 2.82. The number of rotatable bonds is 3. The van der Waals surface area contributed by atoms with E-state index in [-0.39, 0.29) is 6.42 Å². The second kappa shape index (κ2) is 7.59. The van der Waals surface area contributed by atoms with Gasteiger partial charge in [0.25, 0.3) is 0 Å². The van der Waals surface area contributed by atoms with Crippen molar-refractivity contribution in [1.82, 2.24) is 4.98 Å². The third-order valence-corrected chi connectivity index (χ3v) is 4.27. The lowest BCUT2D eigenvalue weighted by molar-refractivity contribution is -0.138. The number of nitrogens with zero attached hydrogens (tertiary/aromatic N) is 2. The molecule has 3 rings (SSSR count). The van der Waals surface area contributed by atoms with E-state index >= 15 is 0 Å². The van der Waals surface area contributed by atoms with Crippen LogP contribution in [0.4, 0.5) is 26.3 Å². The molecular weight excluding hydrogens is 394 g/mol. The van der Waals surface area contributed by atoms with Gasteiger partial charge in [-0.2, -0.15) is 31.6 Å². The summed E-state index contributed by atoms with van der Waals surface area (Å²) in [6.45, 7) is 0. The van der Waals surface area contributed by atoms with Gasteiger partial charge in [-0.15, -0.1) is 0 Å². The molecule has 148 valence electrons. The summed E-state index contributed by atoms with van der Waals surface area (Å²) < 4.78 is 76.3. The van der Waals surface area contributed by atoms with Crippen molar-refractivity contribution in [2.45, 2.75) is 18.8 Å². The van der Waals surface area contributed by atoms with E-state index in [4.69, 9.17) is 5.26 Å². The van der Waals surface area contributed by atoms with Gasteiger partial charge in [-0.25, -0.2) is 0 Å². The van der Waals surface area contributed by atoms with Crippen molar-refractivity contribution < 1.29 is 26.3 Å². The number of alkyl halides is 6. The molecule has 0 aliphatic carbocycles. The third-order valence-electron chi connectivity index (χ3n) is 4.27. The van der Waals surface area contributed by atoms with Crippen LogP contribution in [-0.2, 0) is 18.8 Å². The van der Waals surface area contributed by atoms with Crippen molar-refractivity contribution in [1.29, 1.82) is 5.26 Å². The summed E-state index contributed by atoms with van der Waals surface area (Å²) in [5, 5.41) is 9.08. The van der Waals surface area contributed by atoms with Gasteiger partial charge in [-0.3, -0.25) is 4.98 Å². The van der Waals surface area contributed by atoms with Crippen molar-refractivity contribution in [3.63, 3.8) is 0 Å². The van der Waals surface area contributed by atoms with Crippen LogP contribution in [0, 0.1) is 11.3 Å². The van der Waals surface area contributed by atoms with Crippen LogP contribution in [0.25, 0.3) is 22.4 Å². The Kier molecular flexibility index (Phi) is 5.33. The molecule has 2 nitrogen and oxygen atoms in total.